The van der Waals surface area contributed by atoms with Crippen molar-refractivity contribution in [2.24, 2.45) is 5.73 Å². The maximum absolute atomic E-state index is 13.1. The molecule has 0 heterocycles. The molecule has 3 nitrogen and oxygen atoms in total. The van der Waals surface area contributed by atoms with Crippen LogP contribution in [0.4, 0.5) is 13.2 Å². The molecule has 0 aromatic heterocycles. The number of alkyl halides is 2. The van der Waals surface area contributed by atoms with Gasteiger partial charge in [0.05, 0.1) is 7.11 Å². The molecule has 98 valence electrons. The van der Waals surface area contributed by atoms with Gasteiger partial charge in [0.2, 0.25) is 0 Å². The van der Waals surface area contributed by atoms with Crippen LogP contribution in [0.5, 0.6) is 5.75 Å². The van der Waals surface area contributed by atoms with E-state index < -0.39 is 24.4 Å². The van der Waals surface area contributed by atoms with E-state index in [9.17, 15) is 13.2 Å². The minimum atomic E-state index is -3.48. The summed E-state index contributed by atoms with van der Waals surface area (Å²) in [6.07, 6.45) is 0. The Bertz CT molecular complexity index is 377. The lowest BCUT2D eigenvalue weighted by Gasteiger charge is -2.23. The van der Waals surface area contributed by atoms with Crippen LogP contribution in [0.1, 0.15) is 11.6 Å². The number of aliphatic hydroxyl groups is 1. The molecule has 0 aliphatic rings. The first-order chi connectivity index (χ1) is 7.42. The highest BCUT2D eigenvalue weighted by Crippen LogP contribution is 2.34. The van der Waals surface area contributed by atoms with Gasteiger partial charge in [0.1, 0.15) is 24.2 Å². The molecule has 0 aliphatic carbocycles. The van der Waals surface area contributed by atoms with E-state index in [-0.39, 0.29) is 23.7 Å². The molecule has 0 saturated carbocycles. The second-order valence-electron chi connectivity index (χ2n) is 3.28. The van der Waals surface area contributed by atoms with Gasteiger partial charge in [0.15, 0.2) is 0 Å². The Morgan fingerprint density at radius 2 is 2.06 bits per heavy atom. The summed E-state index contributed by atoms with van der Waals surface area (Å²) in [5.41, 5.74) is 5.24. The van der Waals surface area contributed by atoms with Gasteiger partial charge in [0, 0.05) is 11.6 Å². The molecule has 0 aliphatic heterocycles. The number of aliphatic hydroxyl groups excluding tert-OH is 1. The van der Waals surface area contributed by atoms with E-state index in [0.717, 1.165) is 18.2 Å². The number of benzene rings is 1. The maximum atomic E-state index is 13.1. The van der Waals surface area contributed by atoms with E-state index in [2.05, 4.69) is 0 Å². The van der Waals surface area contributed by atoms with Crippen LogP contribution in [0.2, 0.25) is 0 Å². The fourth-order valence-corrected chi connectivity index (χ4v) is 1.27. The molecular weight excluding hydrogens is 259 g/mol. The highest BCUT2D eigenvalue weighted by Gasteiger charge is 2.38. The van der Waals surface area contributed by atoms with E-state index in [1.54, 1.807) is 0 Å². The zero-order valence-corrected chi connectivity index (χ0v) is 9.81. The maximum Gasteiger partial charge on any atom is 0.289 e. The van der Waals surface area contributed by atoms with Crippen molar-refractivity contribution in [1.82, 2.24) is 0 Å². The molecule has 0 bridgehead atoms. The van der Waals surface area contributed by atoms with E-state index in [4.69, 9.17) is 15.6 Å². The topological polar surface area (TPSA) is 55.5 Å². The molecule has 3 N–H and O–H groups in total. The third kappa shape index (κ3) is 3.49. The van der Waals surface area contributed by atoms with Crippen LogP contribution in [0.3, 0.4) is 0 Å². The van der Waals surface area contributed by atoms with Crippen molar-refractivity contribution < 1.29 is 23.0 Å². The van der Waals surface area contributed by atoms with Crippen LogP contribution in [0.25, 0.3) is 0 Å². The van der Waals surface area contributed by atoms with Crippen molar-refractivity contribution in [2.45, 2.75) is 12.0 Å². The molecule has 1 rings (SSSR count). The molecule has 7 heteroatoms. The lowest BCUT2D eigenvalue weighted by Crippen LogP contribution is -2.36. The number of hydrogen-bond acceptors (Lipinski definition) is 3. The molecule has 0 fully saturated rings. The van der Waals surface area contributed by atoms with Crippen molar-refractivity contribution in [3.63, 3.8) is 0 Å². The Hall–Kier alpha value is -0.980. The first-order valence-electron chi connectivity index (χ1n) is 4.50. The fourth-order valence-electron chi connectivity index (χ4n) is 1.27. The summed E-state index contributed by atoms with van der Waals surface area (Å²) in [5, 5.41) is 8.50. The summed E-state index contributed by atoms with van der Waals surface area (Å²) in [5.74, 6) is -4.16. The van der Waals surface area contributed by atoms with Gasteiger partial charge >= 0.3 is 0 Å². The summed E-state index contributed by atoms with van der Waals surface area (Å²) in [6.45, 7) is -1.38. The second kappa shape index (κ2) is 6.09. The number of rotatable bonds is 4. The molecule has 0 spiro atoms. The second-order valence-corrected chi connectivity index (χ2v) is 3.28. The molecular formula is C10H13ClF3NO2. The van der Waals surface area contributed by atoms with Crippen LogP contribution in [0.15, 0.2) is 18.2 Å². The van der Waals surface area contributed by atoms with Gasteiger partial charge in [-0.3, -0.25) is 0 Å². The van der Waals surface area contributed by atoms with Crippen LogP contribution in [-0.4, -0.2) is 24.7 Å². The summed E-state index contributed by atoms with van der Waals surface area (Å²) in [6, 6.07) is 1.34. The van der Waals surface area contributed by atoms with Crippen molar-refractivity contribution in [2.75, 3.05) is 13.7 Å². The Morgan fingerprint density at radius 3 is 2.53 bits per heavy atom. The van der Waals surface area contributed by atoms with Gasteiger partial charge in [-0.15, -0.1) is 12.4 Å². The minimum absolute atomic E-state index is 0. The average Bonchev–Trinajstić information content (AvgIpc) is 2.27. The molecule has 17 heavy (non-hydrogen) atoms. The van der Waals surface area contributed by atoms with Crippen molar-refractivity contribution in [3.8, 4) is 5.75 Å². The van der Waals surface area contributed by atoms with Gasteiger partial charge in [-0.2, -0.15) is 0 Å². The van der Waals surface area contributed by atoms with E-state index in [1.807, 2.05) is 0 Å². The SMILES string of the molecule is COc1cc(F)ccc1[C@H](N)C(F)(F)CO.Cl. The first-order valence-corrected chi connectivity index (χ1v) is 4.50. The molecule has 0 saturated heterocycles. The van der Waals surface area contributed by atoms with E-state index in [0.29, 0.717) is 0 Å². The zero-order chi connectivity index (χ0) is 12.3. The van der Waals surface area contributed by atoms with E-state index >= 15 is 0 Å². The molecule has 1 atom stereocenters. The zero-order valence-electron chi connectivity index (χ0n) is 8.99. The predicted octanol–water partition coefficient (Wildman–Crippen LogP) is 1.88. The highest BCUT2D eigenvalue weighted by atomic mass is 35.5. The van der Waals surface area contributed by atoms with Crippen LogP contribution >= 0.6 is 12.4 Å². The summed E-state index contributed by atoms with van der Waals surface area (Å²) in [4.78, 5) is 0. The summed E-state index contributed by atoms with van der Waals surface area (Å²) >= 11 is 0. The van der Waals surface area contributed by atoms with Crippen LogP contribution in [0, 0.1) is 5.82 Å². The third-order valence-corrected chi connectivity index (χ3v) is 2.20. The average molecular weight is 272 g/mol. The monoisotopic (exact) mass is 271 g/mol. The predicted molar refractivity (Wildman–Crippen MR) is 59.2 cm³/mol. The highest BCUT2D eigenvalue weighted by molar-refractivity contribution is 5.85. The first kappa shape index (κ1) is 16.0. The van der Waals surface area contributed by atoms with E-state index in [1.165, 1.54) is 7.11 Å². The van der Waals surface area contributed by atoms with Crippen molar-refractivity contribution in [1.29, 1.82) is 0 Å². The number of halogens is 4. The Kier molecular flexibility index (Phi) is 5.74. The minimum Gasteiger partial charge on any atom is -0.496 e. The summed E-state index contributed by atoms with van der Waals surface area (Å²) < 4.78 is 43.8. The standard InChI is InChI=1S/C10H12F3NO2.ClH/c1-16-8-4-6(11)2-3-7(8)9(14)10(12,13)5-15;/h2-4,9,15H,5,14H2,1H3;1H/t9-;/m0./s1. The van der Waals surface area contributed by atoms with Gasteiger partial charge in [-0.25, -0.2) is 13.2 Å². The third-order valence-electron chi connectivity index (χ3n) is 2.20. The number of ether oxygens (including phenoxy) is 1. The fraction of sp³-hybridized carbons (Fsp3) is 0.400. The van der Waals surface area contributed by atoms with Gasteiger partial charge in [0.25, 0.3) is 5.92 Å². The van der Waals surface area contributed by atoms with Crippen molar-refractivity contribution in [3.05, 3.63) is 29.6 Å². The smallest absolute Gasteiger partial charge is 0.289 e. The molecule has 1 aromatic rings. The number of methoxy groups -OCH3 is 1. The quantitative estimate of drug-likeness (QED) is 0.879. The lowest BCUT2D eigenvalue weighted by atomic mass is 10.0. The Balaban J connectivity index is 0.00000256. The normalized spacial score (nSPS) is 12.8. The number of hydrogen-bond donors (Lipinski definition) is 2. The Morgan fingerprint density at radius 1 is 1.47 bits per heavy atom. The largest absolute Gasteiger partial charge is 0.496 e. The lowest BCUT2D eigenvalue weighted by molar-refractivity contribution is -0.0715. The molecule has 1 aromatic carbocycles. The van der Waals surface area contributed by atoms with Crippen LogP contribution < -0.4 is 10.5 Å². The van der Waals surface area contributed by atoms with Crippen molar-refractivity contribution >= 4 is 12.4 Å². The van der Waals surface area contributed by atoms with Crippen LogP contribution in [-0.2, 0) is 0 Å². The van der Waals surface area contributed by atoms with Gasteiger partial charge < -0.3 is 15.6 Å². The van der Waals surface area contributed by atoms with Gasteiger partial charge in [-0.05, 0) is 6.07 Å². The molecule has 0 radical (unpaired) electrons. The number of nitrogens with two attached hydrogens (primary N) is 1. The Labute approximate surface area is 103 Å². The van der Waals surface area contributed by atoms with Gasteiger partial charge in [-0.1, -0.05) is 6.07 Å². The summed E-state index contributed by atoms with van der Waals surface area (Å²) in [7, 11) is 1.22. The molecule has 0 amide bonds. The molecule has 0 unspecified atom stereocenters.